The number of benzene rings is 2. The summed E-state index contributed by atoms with van der Waals surface area (Å²) in [7, 11) is 1.84. The van der Waals surface area contributed by atoms with Crippen LogP contribution in [-0.4, -0.2) is 19.5 Å². The molecule has 2 aromatic carbocycles. The Morgan fingerprint density at radius 1 is 1.11 bits per heavy atom. The number of hydrogen-bond acceptors (Lipinski definition) is 3. The number of para-hydroxylation sites is 3. The standard InChI is InChI=1S/C15H17N3O/c1-18(14-10-6-5-9-13(14)16)11-15(19)17-12-7-3-2-4-8-12/h2-10H,11,16H2,1H3,(H,17,19). The zero-order chi connectivity index (χ0) is 13.7. The van der Waals surface area contributed by atoms with Crippen LogP contribution in [0.1, 0.15) is 0 Å². The van der Waals surface area contributed by atoms with Crippen molar-refractivity contribution < 1.29 is 4.79 Å². The smallest absolute Gasteiger partial charge is 0.243 e. The quantitative estimate of drug-likeness (QED) is 0.824. The van der Waals surface area contributed by atoms with E-state index in [1.54, 1.807) is 0 Å². The van der Waals surface area contributed by atoms with Crippen molar-refractivity contribution in [2.75, 3.05) is 29.5 Å². The van der Waals surface area contributed by atoms with Crippen molar-refractivity contribution in [3.63, 3.8) is 0 Å². The van der Waals surface area contributed by atoms with E-state index in [0.717, 1.165) is 11.4 Å². The fourth-order valence-electron chi connectivity index (χ4n) is 1.86. The molecule has 0 fully saturated rings. The maximum Gasteiger partial charge on any atom is 0.243 e. The lowest BCUT2D eigenvalue weighted by Crippen LogP contribution is -2.30. The van der Waals surface area contributed by atoms with E-state index in [9.17, 15) is 4.79 Å². The Bertz CT molecular complexity index is 554. The van der Waals surface area contributed by atoms with Gasteiger partial charge in [0, 0.05) is 12.7 Å². The molecule has 0 aliphatic carbocycles. The van der Waals surface area contributed by atoms with Crippen molar-refractivity contribution >= 4 is 23.0 Å². The first kappa shape index (κ1) is 13.0. The molecule has 0 aromatic heterocycles. The minimum atomic E-state index is -0.0723. The normalized spacial score (nSPS) is 9.95. The fraction of sp³-hybridized carbons (Fsp3) is 0.133. The van der Waals surface area contributed by atoms with Gasteiger partial charge in [-0.2, -0.15) is 0 Å². The second-order valence-electron chi connectivity index (χ2n) is 4.33. The van der Waals surface area contributed by atoms with E-state index in [-0.39, 0.29) is 12.5 Å². The van der Waals surface area contributed by atoms with Gasteiger partial charge in [0.15, 0.2) is 0 Å². The fourth-order valence-corrected chi connectivity index (χ4v) is 1.86. The molecule has 0 heterocycles. The van der Waals surface area contributed by atoms with Crippen LogP contribution in [0, 0.1) is 0 Å². The van der Waals surface area contributed by atoms with Gasteiger partial charge in [-0.05, 0) is 24.3 Å². The largest absolute Gasteiger partial charge is 0.397 e. The monoisotopic (exact) mass is 255 g/mol. The van der Waals surface area contributed by atoms with Crippen molar-refractivity contribution in [2.24, 2.45) is 0 Å². The van der Waals surface area contributed by atoms with Gasteiger partial charge >= 0.3 is 0 Å². The van der Waals surface area contributed by atoms with Crippen molar-refractivity contribution in [1.82, 2.24) is 0 Å². The summed E-state index contributed by atoms with van der Waals surface area (Å²) < 4.78 is 0. The highest BCUT2D eigenvalue weighted by Gasteiger charge is 2.09. The van der Waals surface area contributed by atoms with E-state index in [2.05, 4.69) is 5.32 Å². The van der Waals surface area contributed by atoms with Crippen molar-refractivity contribution in [2.45, 2.75) is 0 Å². The Labute approximate surface area is 112 Å². The number of nitrogens with zero attached hydrogens (tertiary/aromatic N) is 1. The van der Waals surface area contributed by atoms with Crippen molar-refractivity contribution in [3.05, 3.63) is 54.6 Å². The number of anilines is 3. The number of carbonyl (C=O) groups is 1. The maximum absolute atomic E-state index is 11.9. The Morgan fingerprint density at radius 3 is 2.42 bits per heavy atom. The van der Waals surface area contributed by atoms with Gasteiger partial charge < -0.3 is 16.0 Å². The molecule has 0 radical (unpaired) electrons. The first-order valence-corrected chi connectivity index (χ1v) is 6.07. The van der Waals surface area contributed by atoms with Crippen LogP contribution < -0.4 is 16.0 Å². The van der Waals surface area contributed by atoms with Gasteiger partial charge in [-0.15, -0.1) is 0 Å². The lowest BCUT2D eigenvalue weighted by molar-refractivity contribution is -0.114. The summed E-state index contributed by atoms with van der Waals surface area (Å²) in [5, 5.41) is 2.84. The number of hydrogen-bond donors (Lipinski definition) is 2. The molecule has 0 bridgehead atoms. The molecule has 4 nitrogen and oxygen atoms in total. The molecule has 2 aromatic rings. The molecule has 2 rings (SSSR count). The van der Waals surface area contributed by atoms with Crippen LogP contribution >= 0.6 is 0 Å². The summed E-state index contributed by atoms with van der Waals surface area (Å²) in [4.78, 5) is 13.7. The Balaban J connectivity index is 1.98. The highest BCUT2D eigenvalue weighted by atomic mass is 16.2. The molecule has 0 unspecified atom stereocenters. The average molecular weight is 255 g/mol. The number of nitrogens with two attached hydrogens (primary N) is 1. The summed E-state index contributed by atoms with van der Waals surface area (Å²) in [5.74, 6) is -0.0723. The Morgan fingerprint density at radius 2 is 1.74 bits per heavy atom. The van der Waals surface area contributed by atoms with Gasteiger partial charge in [-0.25, -0.2) is 0 Å². The molecule has 3 N–H and O–H groups in total. The first-order chi connectivity index (χ1) is 9.16. The van der Waals surface area contributed by atoms with Crippen LogP contribution in [0.4, 0.5) is 17.1 Å². The van der Waals surface area contributed by atoms with Crippen molar-refractivity contribution in [3.8, 4) is 0 Å². The Kier molecular flexibility index (Phi) is 4.03. The van der Waals surface area contributed by atoms with E-state index in [4.69, 9.17) is 5.73 Å². The SMILES string of the molecule is CN(CC(=O)Nc1ccccc1)c1ccccc1N. The third-order valence-corrected chi connectivity index (χ3v) is 2.79. The average Bonchev–Trinajstić information content (AvgIpc) is 2.40. The molecule has 0 saturated heterocycles. The molecule has 19 heavy (non-hydrogen) atoms. The summed E-state index contributed by atoms with van der Waals surface area (Å²) in [5.41, 5.74) is 8.19. The first-order valence-electron chi connectivity index (χ1n) is 6.07. The molecule has 0 atom stereocenters. The molecule has 0 saturated carbocycles. The van der Waals surface area contributed by atoms with Crippen LogP contribution in [0.25, 0.3) is 0 Å². The summed E-state index contributed by atoms with van der Waals surface area (Å²) in [6.45, 7) is 0.253. The van der Waals surface area contributed by atoms with Crippen LogP contribution in [0.3, 0.4) is 0 Å². The number of likely N-dealkylation sites (N-methyl/N-ethyl adjacent to an activating group) is 1. The third kappa shape index (κ3) is 3.48. The summed E-state index contributed by atoms with van der Waals surface area (Å²) in [6, 6.07) is 16.9. The van der Waals surface area contributed by atoms with Crippen LogP contribution in [-0.2, 0) is 4.79 Å². The molecular weight excluding hydrogens is 238 g/mol. The number of nitrogens with one attached hydrogen (secondary N) is 1. The second-order valence-corrected chi connectivity index (χ2v) is 4.33. The highest BCUT2D eigenvalue weighted by molar-refractivity contribution is 5.94. The molecule has 4 heteroatoms. The molecule has 0 aliphatic heterocycles. The van der Waals surface area contributed by atoms with E-state index in [1.807, 2.05) is 66.5 Å². The number of rotatable bonds is 4. The lowest BCUT2D eigenvalue weighted by atomic mass is 10.2. The predicted octanol–water partition coefficient (Wildman–Crippen LogP) is 2.34. The number of carbonyl (C=O) groups excluding carboxylic acids is 1. The van der Waals surface area contributed by atoms with E-state index < -0.39 is 0 Å². The lowest BCUT2D eigenvalue weighted by Gasteiger charge is -2.20. The van der Waals surface area contributed by atoms with Crippen molar-refractivity contribution in [1.29, 1.82) is 0 Å². The van der Waals surface area contributed by atoms with Gasteiger partial charge in [0.05, 0.1) is 17.9 Å². The predicted molar refractivity (Wildman–Crippen MR) is 79.2 cm³/mol. The minimum Gasteiger partial charge on any atom is -0.397 e. The zero-order valence-electron chi connectivity index (χ0n) is 10.8. The summed E-state index contributed by atoms with van der Waals surface area (Å²) >= 11 is 0. The number of amides is 1. The summed E-state index contributed by atoms with van der Waals surface area (Å²) in [6.07, 6.45) is 0. The molecule has 98 valence electrons. The van der Waals surface area contributed by atoms with Gasteiger partial charge in [-0.3, -0.25) is 4.79 Å². The third-order valence-electron chi connectivity index (χ3n) is 2.79. The number of nitrogen functional groups attached to an aromatic ring is 1. The Hall–Kier alpha value is -2.49. The molecule has 0 spiro atoms. The van der Waals surface area contributed by atoms with Gasteiger partial charge in [-0.1, -0.05) is 30.3 Å². The zero-order valence-corrected chi connectivity index (χ0v) is 10.8. The molecule has 1 amide bonds. The van der Waals surface area contributed by atoms with Gasteiger partial charge in [0.1, 0.15) is 0 Å². The van der Waals surface area contributed by atoms with Gasteiger partial charge in [0.25, 0.3) is 0 Å². The van der Waals surface area contributed by atoms with E-state index in [1.165, 1.54) is 0 Å². The topological polar surface area (TPSA) is 58.4 Å². The second kappa shape index (κ2) is 5.91. The van der Waals surface area contributed by atoms with Crippen LogP contribution in [0.15, 0.2) is 54.6 Å². The highest BCUT2D eigenvalue weighted by Crippen LogP contribution is 2.20. The van der Waals surface area contributed by atoms with Gasteiger partial charge in [0.2, 0.25) is 5.91 Å². The molecule has 0 aliphatic rings. The maximum atomic E-state index is 11.9. The van der Waals surface area contributed by atoms with E-state index in [0.29, 0.717) is 5.69 Å². The van der Waals surface area contributed by atoms with Crippen LogP contribution in [0.2, 0.25) is 0 Å². The van der Waals surface area contributed by atoms with E-state index >= 15 is 0 Å². The van der Waals surface area contributed by atoms with Crippen LogP contribution in [0.5, 0.6) is 0 Å². The minimum absolute atomic E-state index is 0.0723. The molecular formula is C15H17N3O.